The summed E-state index contributed by atoms with van der Waals surface area (Å²) in [6, 6.07) is 15.3. The first-order chi connectivity index (χ1) is 7.75. The van der Waals surface area contributed by atoms with Gasteiger partial charge in [0.2, 0.25) is 0 Å². The SMILES string of the molecule is OB(Oc1ccc(O)cc1)c1ccccc1. The van der Waals surface area contributed by atoms with Crippen LogP contribution in [-0.4, -0.2) is 17.2 Å². The minimum atomic E-state index is -0.995. The topological polar surface area (TPSA) is 49.7 Å². The van der Waals surface area contributed by atoms with Crippen LogP contribution in [0.15, 0.2) is 54.6 Å². The van der Waals surface area contributed by atoms with Crippen molar-refractivity contribution in [2.24, 2.45) is 0 Å². The van der Waals surface area contributed by atoms with Crippen LogP contribution < -0.4 is 10.1 Å². The fraction of sp³-hybridized carbons (Fsp3) is 0. The lowest BCUT2D eigenvalue weighted by Gasteiger charge is -2.09. The second-order valence-electron chi connectivity index (χ2n) is 3.37. The van der Waals surface area contributed by atoms with E-state index in [0.717, 1.165) is 0 Å². The summed E-state index contributed by atoms with van der Waals surface area (Å²) in [6.45, 7) is 0. The maximum atomic E-state index is 9.76. The number of hydrogen-bond acceptors (Lipinski definition) is 3. The number of phenols is 1. The molecule has 0 aliphatic carbocycles. The van der Waals surface area contributed by atoms with Gasteiger partial charge in [0.1, 0.15) is 11.5 Å². The van der Waals surface area contributed by atoms with Gasteiger partial charge in [0.15, 0.2) is 0 Å². The molecule has 0 fully saturated rings. The Morgan fingerprint density at radius 1 is 0.875 bits per heavy atom. The zero-order chi connectivity index (χ0) is 11.4. The van der Waals surface area contributed by atoms with Crippen molar-refractivity contribution in [3.05, 3.63) is 54.6 Å². The fourth-order valence-electron chi connectivity index (χ4n) is 1.34. The van der Waals surface area contributed by atoms with E-state index in [9.17, 15) is 5.02 Å². The molecule has 4 heteroatoms. The third-order valence-corrected chi connectivity index (χ3v) is 2.17. The second kappa shape index (κ2) is 4.72. The van der Waals surface area contributed by atoms with Crippen LogP contribution >= 0.6 is 0 Å². The number of aromatic hydroxyl groups is 1. The largest absolute Gasteiger partial charge is 0.560 e. The van der Waals surface area contributed by atoms with E-state index in [1.807, 2.05) is 18.2 Å². The van der Waals surface area contributed by atoms with Gasteiger partial charge in [-0.2, -0.15) is 0 Å². The Morgan fingerprint density at radius 3 is 2.12 bits per heavy atom. The molecule has 0 radical (unpaired) electrons. The molecule has 0 atom stereocenters. The Labute approximate surface area is 94.1 Å². The molecule has 16 heavy (non-hydrogen) atoms. The van der Waals surface area contributed by atoms with Gasteiger partial charge in [-0.1, -0.05) is 30.3 Å². The van der Waals surface area contributed by atoms with Gasteiger partial charge in [0.25, 0.3) is 0 Å². The van der Waals surface area contributed by atoms with Crippen molar-refractivity contribution in [3.8, 4) is 11.5 Å². The summed E-state index contributed by atoms with van der Waals surface area (Å²) >= 11 is 0. The lowest BCUT2D eigenvalue weighted by Crippen LogP contribution is -2.36. The monoisotopic (exact) mass is 214 g/mol. The first kappa shape index (κ1) is 10.6. The highest BCUT2D eigenvalue weighted by atomic mass is 16.5. The van der Waals surface area contributed by atoms with Gasteiger partial charge in [-0.25, -0.2) is 0 Å². The summed E-state index contributed by atoms with van der Waals surface area (Å²) in [5.41, 5.74) is 0.690. The summed E-state index contributed by atoms with van der Waals surface area (Å²) in [7, 11) is -0.995. The Kier molecular flexibility index (Phi) is 3.12. The summed E-state index contributed by atoms with van der Waals surface area (Å²) in [5, 5.41) is 18.8. The first-order valence-corrected chi connectivity index (χ1v) is 4.94. The molecule has 3 nitrogen and oxygen atoms in total. The molecular formula is C12H11BO3. The summed E-state index contributed by atoms with van der Waals surface area (Å²) in [5.74, 6) is 0.677. The van der Waals surface area contributed by atoms with E-state index in [2.05, 4.69) is 0 Å². The molecule has 2 aromatic rings. The molecule has 0 unspecified atom stereocenters. The molecule has 0 aromatic heterocycles. The second-order valence-corrected chi connectivity index (χ2v) is 3.37. The van der Waals surface area contributed by atoms with Crippen LogP contribution in [0, 0.1) is 0 Å². The number of phenolic OH excluding ortho intramolecular Hbond substituents is 1. The van der Waals surface area contributed by atoms with Crippen LogP contribution in [0.3, 0.4) is 0 Å². The van der Waals surface area contributed by atoms with E-state index in [0.29, 0.717) is 11.2 Å². The highest BCUT2D eigenvalue weighted by molar-refractivity contribution is 6.60. The molecule has 0 amide bonds. The predicted molar refractivity (Wildman–Crippen MR) is 62.8 cm³/mol. The van der Waals surface area contributed by atoms with Crippen molar-refractivity contribution in [3.63, 3.8) is 0 Å². The Morgan fingerprint density at radius 2 is 1.50 bits per heavy atom. The van der Waals surface area contributed by atoms with Crippen LogP contribution in [0.1, 0.15) is 0 Å². The summed E-state index contributed by atoms with van der Waals surface area (Å²) < 4.78 is 5.30. The highest BCUT2D eigenvalue weighted by Gasteiger charge is 2.17. The quantitative estimate of drug-likeness (QED) is 0.753. The molecule has 0 spiro atoms. The highest BCUT2D eigenvalue weighted by Crippen LogP contribution is 2.16. The van der Waals surface area contributed by atoms with Crippen molar-refractivity contribution in [1.29, 1.82) is 0 Å². The zero-order valence-corrected chi connectivity index (χ0v) is 8.58. The van der Waals surface area contributed by atoms with Gasteiger partial charge in [-0.3, -0.25) is 0 Å². The van der Waals surface area contributed by atoms with Gasteiger partial charge >= 0.3 is 7.12 Å². The molecule has 2 N–H and O–H groups in total. The van der Waals surface area contributed by atoms with Gasteiger partial charge < -0.3 is 14.8 Å². The molecule has 0 aliphatic rings. The minimum absolute atomic E-state index is 0.168. The number of hydrogen-bond donors (Lipinski definition) is 2. The third-order valence-electron chi connectivity index (χ3n) is 2.17. The summed E-state index contributed by atoms with van der Waals surface area (Å²) in [4.78, 5) is 0. The van der Waals surface area contributed by atoms with Crippen molar-refractivity contribution in [2.45, 2.75) is 0 Å². The lowest BCUT2D eigenvalue weighted by atomic mass is 9.79. The van der Waals surface area contributed by atoms with Crippen molar-refractivity contribution >= 4 is 12.6 Å². The smallest absolute Gasteiger partial charge is 0.532 e. The molecule has 0 heterocycles. The van der Waals surface area contributed by atoms with Crippen LogP contribution in [0.25, 0.3) is 0 Å². The van der Waals surface area contributed by atoms with Crippen LogP contribution in [0.2, 0.25) is 0 Å². The normalized spacial score (nSPS) is 9.81. The molecular weight excluding hydrogens is 203 g/mol. The Balaban J connectivity index is 2.08. The molecule has 0 aliphatic heterocycles. The van der Waals surface area contributed by atoms with Gasteiger partial charge in [-0.15, -0.1) is 0 Å². The lowest BCUT2D eigenvalue weighted by molar-refractivity contribution is 0.430. The third kappa shape index (κ3) is 2.55. The number of rotatable bonds is 3. The van der Waals surface area contributed by atoms with E-state index >= 15 is 0 Å². The maximum Gasteiger partial charge on any atom is 0.560 e. The standard InChI is InChI=1S/C12H11BO3/c14-11-6-8-12(9-7-11)16-13(15)10-4-2-1-3-5-10/h1-9,14-15H. The van der Waals surface area contributed by atoms with Crippen LogP contribution in [-0.2, 0) is 0 Å². The van der Waals surface area contributed by atoms with Gasteiger partial charge in [0, 0.05) is 0 Å². The van der Waals surface area contributed by atoms with Crippen LogP contribution in [0.5, 0.6) is 11.5 Å². The molecule has 2 rings (SSSR count). The molecule has 0 saturated carbocycles. The average Bonchev–Trinajstić information content (AvgIpc) is 2.33. The molecule has 2 aromatic carbocycles. The fourth-order valence-corrected chi connectivity index (χ4v) is 1.34. The first-order valence-electron chi connectivity index (χ1n) is 4.94. The van der Waals surface area contributed by atoms with Crippen LogP contribution in [0.4, 0.5) is 0 Å². The molecule has 0 saturated heterocycles. The number of benzene rings is 2. The maximum absolute atomic E-state index is 9.76. The van der Waals surface area contributed by atoms with E-state index in [1.54, 1.807) is 24.3 Å². The van der Waals surface area contributed by atoms with Crippen molar-refractivity contribution in [2.75, 3.05) is 0 Å². The van der Waals surface area contributed by atoms with Crippen molar-refractivity contribution < 1.29 is 14.8 Å². The van der Waals surface area contributed by atoms with E-state index in [1.165, 1.54) is 12.1 Å². The Hall–Kier alpha value is -1.94. The van der Waals surface area contributed by atoms with E-state index < -0.39 is 7.12 Å². The Bertz CT molecular complexity index is 442. The van der Waals surface area contributed by atoms with E-state index in [4.69, 9.17) is 9.76 Å². The van der Waals surface area contributed by atoms with Crippen molar-refractivity contribution in [1.82, 2.24) is 0 Å². The molecule has 0 bridgehead atoms. The van der Waals surface area contributed by atoms with Gasteiger partial charge in [0.05, 0.1) is 0 Å². The van der Waals surface area contributed by atoms with Gasteiger partial charge in [-0.05, 0) is 29.7 Å². The average molecular weight is 214 g/mol. The zero-order valence-electron chi connectivity index (χ0n) is 8.58. The minimum Gasteiger partial charge on any atom is -0.532 e. The summed E-state index contributed by atoms with van der Waals surface area (Å²) in [6.07, 6.45) is 0. The molecule has 80 valence electrons. The van der Waals surface area contributed by atoms with E-state index in [-0.39, 0.29) is 5.75 Å². The predicted octanol–water partition coefficient (Wildman–Crippen LogP) is 1.16.